The molecule has 0 aliphatic rings. The van der Waals surface area contributed by atoms with E-state index in [0.717, 1.165) is 12.1 Å². The Morgan fingerprint density at radius 2 is 1.48 bits per heavy atom. The van der Waals surface area contributed by atoms with Crippen molar-refractivity contribution in [2.45, 2.75) is 23.6 Å². The zero-order chi connectivity index (χ0) is 31.4. The number of aryl methyl sites for hydroxylation is 2. The van der Waals surface area contributed by atoms with Crippen molar-refractivity contribution < 1.29 is 53.2 Å². The molecule has 1 heterocycles. The van der Waals surface area contributed by atoms with Crippen molar-refractivity contribution in [2.75, 3.05) is 11.1 Å². The molecular formula is C25H20ClCuN7O8S2. The third kappa shape index (κ3) is 6.22. The second-order valence-electron chi connectivity index (χ2n) is 9.21. The molecule has 0 amide bonds. The number of nitrogens with zero attached hydrogens (tertiary/aromatic N) is 5. The maximum Gasteiger partial charge on any atom is 0.295 e. The van der Waals surface area contributed by atoms with Gasteiger partial charge in [-0.3, -0.25) is 9.11 Å². The molecule has 233 valence electrons. The van der Waals surface area contributed by atoms with E-state index in [-0.39, 0.29) is 78.2 Å². The molecule has 0 bridgehead atoms. The van der Waals surface area contributed by atoms with Crippen LogP contribution >= 0.6 is 11.6 Å². The molecule has 0 fully saturated rings. The van der Waals surface area contributed by atoms with E-state index in [4.69, 9.17) is 17.3 Å². The first-order valence-corrected chi connectivity index (χ1v) is 15.2. The van der Waals surface area contributed by atoms with Crippen LogP contribution in [0.3, 0.4) is 0 Å². The Bertz CT molecular complexity index is 2230. The summed E-state index contributed by atoms with van der Waals surface area (Å²) in [5.74, 6) is -0.864. The van der Waals surface area contributed by atoms with Crippen LogP contribution in [-0.2, 0) is 37.3 Å². The number of hydrogen-bond donors (Lipinski definition) is 6. The number of fused-ring (bicyclic) bond motifs is 2. The van der Waals surface area contributed by atoms with Crippen LogP contribution in [0.15, 0.2) is 62.5 Å². The van der Waals surface area contributed by atoms with E-state index in [1.165, 1.54) is 37.3 Å². The van der Waals surface area contributed by atoms with Crippen molar-refractivity contribution in [1.29, 1.82) is 0 Å². The van der Waals surface area contributed by atoms with E-state index in [1.54, 1.807) is 6.92 Å². The summed E-state index contributed by atoms with van der Waals surface area (Å²) in [6.45, 7) is 3.07. The minimum atomic E-state index is -4.84. The Kier molecular flexibility index (Phi) is 8.73. The van der Waals surface area contributed by atoms with Gasteiger partial charge in [-0.1, -0.05) is 6.07 Å². The fourth-order valence-electron chi connectivity index (χ4n) is 4.40. The summed E-state index contributed by atoms with van der Waals surface area (Å²) >= 11 is 5.88. The SMILES string of the molecule is Cc1nc(Cl)nc(Nc2ccc3c(N=Nc4ccc5c(S(=O)(=O)O)cc(C)c(N)c5c4O)c(O)cc(S(=O)(=O)O)c3c2)n1.[Cu]. The Morgan fingerprint density at radius 1 is 0.841 bits per heavy atom. The van der Waals surface area contributed by atoms with Gasteiger partial charge in [-0.05, 0) is 61.3 Å². The number of aromatic nitrogens is 3. The van der Waals surface area contributed by atoms with Crippen molar-refractivity contribution in [3.63, 3.8) is 0 Å². The molecule has 19 heteroatoms. The molecule has 1 radical (unpaired) electrons. The maximum absolute atomic E-state index is 12.2. The first-order valence-electron chi connectivity index (χ1n) is 11.9. The quantitative estimate of drug-likeness (QED) is 0.0582. The number of phenolic OH excluding ortho intramolecular Hbond substituents is 2. The number of nitrogens with two attached hydrogens (primary N) is 1. The van der Waals surface area contributed by atoms with Gasteiger partial charge in [-0.25, -0.2) is 4.98 Å². The van der Waals surface area contributed by atoms with Gasteiger partial charge in [-0.15, -0.1) is 10.2 Å². The molecular weight excluding hydrogens is 689 g/mol. The Balaban J connectivity index is 0.00000442. The number of benzene rings is 4. The van der Waals surface area contributed by atoms with Crippen molar-refractivity contribution >= 4 is 82.1 Å². The van der Waals surface area contributed by atoms with Crippen LogP contribution in [0.1, 0.15) is 11.4 Å². The van der Waals surface area contributed by atoms with Crippen LogP contribution in [0, 0.1) is 13.8 Å². The Hall–Kier alpha value is -4.16. The van der Waals surface area contributed by atoms with Crippen LogP contribution < -0.4 is 11.1 Å². The number of hydrogen-bond acceptors (Lipinski definition) is 13. The van der Waals surface area contributed by atoms with Gasteiger partial charge in [0.25, 0.3) is 20.2 Å². The summed E-state index contributed by atoms with van der Waals surface area (Å²) in [7, 11) is -9.51. The van der Waals surface area contributed by atoms with Gasteiger partial charge in [0.15, 0.2) is 5.75 Å². The van der Waals surface area contributed by atoms with Crippen LogP contribution in [0.4, 0.5) is 28.7 Å². The zero-order valence-electron chi connectivity index (χ0n) is 22.3. The number of phenols is 2. The van der Waals surface area contributed by atoms with Gasteiger partial charge in [0.2, 0.25) is 11.2 Å². The fraction of sp³-hybridized carbons (Fsp3) is 0.0800. The molecule has 44 heavy (non-hydrogen) atoms. The predicted molar refractivity (Wildman–Crippen MR) is 157 cm³/mol. The molecule has 5 rings (SSSR count). The van der Waals surface area contributed by atoms with Gasteiger partial charge >= 0.3 is 0 Å². The first kappa shape index (κ1) is 32.7. The molecule has 1 aromatic heterocycles. The minimum Gasteiger partial charge on any atom is -0.506 e. The number of azo groups is 1. The second-order valence-corrected chi connectivity index (χ2v) is 12.3. The van der Waals surface area contributed by atoms with Gasteiger partial charge in [0.05, 0.1) is 5.39 Å². The van der Waals surface area contributed by atoms with E-state index >= 15 is 0 Å². The van der Waals surface area contributed by atoms with Crippen LogP contribution in [0.5, 0.6) is 11.5 Å². The van der Waals surface area contributed by atoms with Crippen molar-refractivity contribution in [3.05, 3.63) is 59.1 Å². The van der Waals surface area contributed by atoms with Gasteiger partial charge in [0.1, 0.15) is 32.7 Å². The molecule has 0 aliphatic heterocycles. The van der Waals surface area contributed by atoms with Gasteiger partial charge < -0.3 is 21.3 Å². The number of rotatable bonds is 6. The van der Waals surface area contributed by atoms with Crippen molar-refractivity contribution in [3.8, 4) is 11.5 Å². The summed E-state index contributed by atoms with van der Waals surface area (Å²) in [5.41, 5.74) is 6.23. The minimum absolute atomic E-state index is 0. The summed E-state index contributed by atoms with van der Waals surface area (Å²) in [6.07, 6.45) is 0. The molecule has 5 aromatic rings. The number of nitrogen functional groups attached to an aromatic ring is 1. The standard InChI is InChI=1S/C25H20ClN7O8S2.Cu/c1-10-7-18(42(36,37)38)14-5-6-16(23(35)20(14)21(10)27)32-33-22-13-4-3-12(30-25-29-11(2)28-24(26)31-25)8-15(13)19(9-17(22)34)43(39,40)41;/h3-9,34-35H,27H2,1-2H3,(H,36,37,38)(H,39,40,41)(H,28,29,30,31);. The third-order valence-corrected chi connectivity index (χ3v) is 8.26. The topological polar surface area (TPSA) is 251 Å². The predicted octanol–water partition coefficient (Wildman–Crippen LogP) is 5.09. The number of halogens is 1. The van der Waals surface area contributed by atoms with Gasteiger partial charge in [0, 0.05) is 50.7 Å². The van der Waals surface area contributed by atoms with Crippen molar-refractivity contribution in [2.24, 2.45) is 10.2 Å². The van der Waals surface area contributed by atoms with Gasteiger partial charge in [-0.2, -0.15) is 26.8 Å². The Morgan fingerprint density at radius 3 is 2.11 bits per heavy atom. The zero-order valence-corrected chi connectivity index (χ0v) is 25.6. The summed E-state index contributed by atoms with van der Waals surface area (Å²) in [4.78, 5) is 10.8. The normalized spacial score (nSPS) is 12.1. The fourth-order valence-corrected chi connectivity index (χ4v) is 6.08. The summed E-state index contributed by atoms with van der Waals surface area (Å²) < 4.78 is 67.7. The number of anilines is 3. The first-order chi connectivity index (χ1) is 20.0. The van der Waals surface area contributed by atoms with E-state index in [0.29, 0.717) is 5.82 Å². The monoisotopic (exact) mass is 708 g/mol. The van der Waals surface area contributed by atoms with Crippen LogP contribution in [-0.4, -0.2) is 51.1 Å². The number of nitrogens with one attached hydrogen (secondary N) is 1. The molecule has 0 aliphatic carbocycles. The third-order valence-electron chi connectivity index (χ3n) is 6.30. The summed E-state index contributed by atoms with van der Waals surface area (Å²) in [5, 5.41) is 32.2. The van der Waals surface area contributed by atoms with E-state index in [9.17, 15) is 36.2 Å². The van der Waals surface area contributed by atoms with E-state index < -0.39 is 41.5 Å². The molecule has 0 saturated heterocycles. The number of aromatic hydroxyl groups is 2. The van der Waals surface area contributed by atoms with Crippen molar-refractivity contribution in [1.82, 2.24) is 15.0 Å². The molecule has 7 N–H and O–H groups in total. The van der Waals surface area contributed by atoms with Crippen LogP contribution in [0.2, 0.25) is 5.28 Å². The molecule has 4 aromatic carbocycles. The maximum atomic E-state index is 12.2. The smallest absolute Gasteiger partial charge is 0.295 e. The average molecular weight is 710 g/mol. The second kappa shape index (κ2) is 11.7. The van der Waals surface area contributed by atoms with E-state index in [1.807, 2.05) is 0 Å². The van der Waals surface area contributed by atoms with Crippen LogP contribution in [0.25, 0.3) is 21.5 Å². The molecule has 0 unspecified atom stereocenters. The van der Waals surface area contributed by atoms with E-state index in [2.05, 4.69) is 30.5 Å². The molecule has 15 nitrogen and oxygen atoms in total. The Labute approximate surface area is 264 Å². The molecule has 0 spiro atoms. The molecule has 0 saturated carbocycles. The average Bonchev–Trinajstić information content (AvgIpc) is 2.88. The largest absolute Gasteiger partial charge is 0.506 e. The summed E-state index contributed by atoms with van der Waals surface area (Å²) in [6, 6.07) is 8.60. The molecule has 0 atom stereocenters.